The van der Waals surface area contributed by atoms with Crippen LogP contribution >= 0.6 is 11.3 Å². The SMILES string of the molecule is COc1ccc(C(=O)Nc2nc(C(C)(C)C)cs2)cc1O. The minimum atomic E-state index is -0.317. The molecule has 0 aliphatic heterocycles. The van der Waals surface area contributed by atoms with Crippen LogP contribution in [0.4, 0.5) is 5.13 Å². The number of hydrogen-bond donors (Lipinski definition) is 2. The number of nitrogens with one attached hydrogen (secondary N) is 1. The van der Waals surface area contributed by atoms with E-state index in [4.69, 9.17) is 4.74 Å². The molecule has 0 spiro atoms. The highest BCUT2D eigenvalue weighted by Crippen LogP contribution is 2.28. The summed E-state index contributed by atoms with van der Waals surface area (Å²) >= 11 is 1.38. The van der Waals surface area contributed by atoms with E-state index in [0.29, 0.717) is 16.4 Å². The summed E-state index contributed by atoms with van der Waals surface area (Å²) in [6, 6.07) is 4.51. The topological polar surface area (TPSA) is 71.5 Å². The number of amides is 1. The number of ether oxygens (including phenoxy) is 1. The third kappa shape index (κ3) is 3.52. The van der Waals surface area contributed by atoms with Crippen LogP contribution in [0.25, 0.3) is 0 Å². The second-order valence-electron chi connectivity index (χ2n) is 5.63. The lowest BCUT2D eigenvalue weighted by atomic mass is 9.93. The van der Waals surface area contributed by atoms with Gasteiger partial charge in [0.05, 0.1) is 12.8 Å². The maximum Gasteiger partial charge on any atom is 0.257 e. The molecule has 0 radical (unpaired) electrons. The van der Waals surface area contributed by atoms with Gasteiger partial charge >= 0.3 is 0 Å². The van der Waals surface area contributed by atoms with E-state index in [0.717, 1.165) is 5.69 Å². The molecular weight excluding hydrogens is 288 g/mol. The first-order valence-corrected chi connectivity index (χ1v) is 7.33. The number of benzene rings is 1. The fraction of sp³-hybridized carbons (Fsp3) is 0.333. The zero-order chi connectivity index (χ0) is 15.6. The van der Waals surface area contributed by atoms with Gasteiger partial charge in [0.25, 0.3) is 5.91 Å². The van der Waals surface area contributed by atoms with Gasteiger partial charge in [-0.05, 0) is 18.2 Å². The molecule has 0 saturated heterocycles. The number of hydrogen-bond acceptors (Lipinski definition) is 5. The number of carbonyl (C=O) groups excluding carboxylic acids is 1. The molecule has 1 aromatic heterocycles. The summed E-state index contributed by atoms with van der Waals surface area (Å²) < 4.78 is 4.95. The Kier molecular flexibility index (Phi) is 4.18. The van der Waals surface area contributed by atoms with Crippen LogP contribution in [0.3, 0.4) is 0 Å². The van der Waals surface area contributed by atoms with E-state index in [1.54, 1.807) is 12.1 Å². The van der Waals surface area contributed by atoms with Gasteiger partial charge in [-0.2, -0.15) is 0 Å². The third-order valence-corrected chi connectivity index (χ3v) is 3.69. The Labute approximate surface area is 127 Å². The summed E-state index contributed by atoms with van der Waals surface area (Å²) in [6.07, 6.45) is 0. The van der Waals surface area contributed by atoms with Crippen LogP contribution in [0.2, 0.25) is 0 Å². The molecule has 2 rings (SSSR count). The van der Waals surface area contributed by atoms with Gasteiger partial charge in [-0.25, -0.2) is 4.98 Å². The molecule has 2 aromatic rings. The monoisotopic (exact) mass is 306 g/mol. The molecule has 0 saturated carbocycles. The number of carbonyl (C=O) groups is 1. The van der Waals surface area contributed by atoms with Gasteiger partial charge in [0.15, 0.2) is 16.6 Å². The molecule has 0 bridgehead atoms. The molecule has 6 heteroatoms. The van der Waals surface area contributed by atoms with Gasteiger partial charge in [-0.1, -0.05) is 20.8 Å². The molecule has 2 N–H and O–H groups in total. The number of thiazole rings is 1. The summed E-state index contributed by atoms with van der Waals surface area (Å²) in [5.41, 5.74) is 1.22. The molecule has 0 aliphatic rings. The first-order valence-electron chi connectivity index (χ1n) is 6.45. The van der Waals surface area contributed by atoms with Crippen LogP contribution in [0.5, 0.6) is 11.5 Å². The number of anilines is 1. The van der Waals surface area contributed by atoms with Gasteiger partial charge < -0.3 is 9.84 Å². The molecule has 0 aliphatic carbocycles. The normalized spacial score (nSPS) is 11.2. The predicted octanol–water partition coefficient (Wildman–Crippen LogP) is 3.41. The van der Waals surface area contributed by atoms with Gasteiger partial charge in [0.2, 0.25) is 0 Å². The van der Waals surface area contributed by atoms with Crippen LogP contribution in [-0.2, 0) is 5.41 Å². The van der Waals surface area contributed by atoms with E-state index >= 15 is 0 Å². The molecule has 5 nitrogen and oxygen atoms in total. The average Bonchev–Trinajstić information content (AvgIpc) is 2.87. The molecule has 0 unspecified atom stereocenters. The van der Waals surface area contributed by atoms with Crippen molar-refractivity contribution in [2.24, 2.45) is 0 Å². The van der Waals surface area contributed by atoms with Crippen LogP contribution in [0.1, 0.15) is 36.8 Å². The van der Waals surface area contributed by atoms with E-state index in [2.05, 4.69) is 31.1 Å². The summed E-state index contributed by atoms with van der Waals surface area (Å²) in [7, 11) is 1.46. The zero-order valence-electron chi connectivity index (χ0n) is 12.4. The number of aromatic nitrogens is 1. The van der Waals surface area contributed by atoms with Crippen molar-refractivity contribution in [3.05, 3.63) is 34.8 Å². The predicted molar refractivity (Wildman–Crippen MR) is 83.4 cm³/mol. The van der Waals surface area contributed by atoms with E-state index < -0.39 is 0 Å². The summed E-state index contributed by atoms with van der Waals surface area (Å²) in [5, 5.41) is 14.9. The summed E-state index contributed by atoms with van der Waals surface area (Å²) in [5.74, 6) is -0.0572. The van der Waals surface area contributed by atoms with E-state index in [1.807, 2.05) is 5.38 Å². The second kappa shape index (κ2) is 5.73. The maximum atomic E-state index is 12.1. The van der Waals surface area contributed by atoms with Crippen molar-refractivity contribution in [2.45, 2.75) is 26.2 Å². The smallest absolute Gasteiger partial charge is 0.257 e. The Morgan fingerprint density at radius 3 is 2.62 bits per heavy atom. The first-order chi connectivity index (χ1) is 9.81. The Balaban J connectivity index is 2.14. The van der Waals surface area contributed by atoms with Gasteiger partial charge in [0, 0.05) is 16.4 Å². The van der Waals surface area contributed by atoms with Gasteiger partial charge in [-0.3, -0.25) is 10.1 Å². The number of rotatable bonds is 3. The third-order valence-electron chi connectivity index (χ3n) is 2.93. The van der Waals surface area contributed by atoms with Crippen LogP contribution in [0.15, 0.2) is 23.6 Å². The molecule has 1 heterocycles. The Morgan fingerprint density at radius 2 is 2.10 bits per heavy atom. The lowest BCUT2D eigenvalue weighted by Gasteiger charge is -2.14. The number of methoxy groups -OCH3 is 1. The van der Waals surface area contributed by atoms with Gasteiger partial charge in [0.1, 0.15) is 0 Å². The second-order valence-corrected chi connectivity index (χ2v) is 6.49. The van der Waals surface area contributed by atoms with Crippen LogP contribution in [-0.4, -0.2) is 23.1 Å². The number of phenols is 1. The number of nitrogens with zero attached hydrogens (tertiary/aromatic N) is 1. The Morgan fingerprint density at radius 1 is 1.38 bits per heavy atom. The van der Waals surface area contributed by atoms with Crippen molar-refractivity contribution >= 4 is 22.4 Å². The molecule has 1 aromatic carbocycles. The molecule has 21 heavy (non-hydrogen) atoms. The minimum Gasteiger partial charge on any atom is -0.504 e. The fourth-order valence-electron chi connectivity index (χ4n) is 1.68. The highest BCUT2D eigenvalue weighted by atomic mass is 32.1. The summed E-state index contributed by atoms with van der Waals surface area (Å²) in [4.78, 5) is 16.5. The quantitative estimate of drug-likeness (QED) is 0.911. The van der Waals surface area contributed by atoms with Crippen molar-refractivity contribution < 1.29 is 14.6 Å². The zero-order valence-corrected chi connectivity index (χ0v) is 13.2. The molecule has 0 atom stereocenters. The van der Waals surface area contributed by atoms with Crippen molar-refractivity contribution in [1.82, 2.24) is 4.98 Å². The lowest BCUT2D eigenvalue weighted by molar-refractivity contribution is 0.102. The highest BCUT2D eigenvalue weighted by Gasteiger charge is 2.18. The Bertz CT molecular complexity index is 659. The minimum absolute atomic E-state index is 0.0577. The Hall–Kier alpha value is -2.08. The number of aromatic hydroxyl groups is 1. The average molecular weight is 306 g/mol. The molecule has 1 amide bonds. The van der Waals surface area contributed by atoms with Crippen LogP contribution < -0.4 is 10.1 Å². The number of phenolic OH excluding ortho intramolecular Hbond substituents is 1. The maximum absolute atomic E-state index is 12.1. The molecular formula is C15H18N2O3S. The largest absolute Gasteiger partial charge is 0.504 e. The van der Waals surface area contributed by atoms with E-state index in [-0.39, 0.29) is 17.1 Å². The fourth-order valence-corrected chi connectivity index (χ4v) is 2.61. The van der Waals surface area contributed by atoms with Crippen molar-refractivity contribution in [3.63, 3.8) is 0 Å². The van der Waals surface area contributed by atoms with E-state index in [1.165, 1.54) is 24.5 Å². The standard InChI is InChI=1S/C15H18N2O3S/c1-15(2,3)12-8-21-14(16-12)17-13(19)9-5-6-11(20-4)10(18)7-9/h5-8,18H,1-4H3,(H,16,17,19). The van der Waals surface area contributed by atoms with Crippen molar-refractivity contribution in [3.8, 4) is 11.5 Å². The highest BCUT2D eigenvalue weighted by molar-refractivity contribution is 7.14. The molecule has 0 fully saturated rings. The summed E-state index contributed by atoms with van der Waals surface area (Å²) in [6.45, 7) is 6.19. The lowest BCUT2D eigenvalue weighted by Crippen LogP contribution is -2.14. The van der Waals surface area contributed by atoms with Gasteiger partial charge in [-0.15, -0.1) is 11.3 Å². The van der Waals surface area contributed by atoms with E-state index in [9.17, 15) is 9.90 Å². The van der Waals surface area contributed by atoms with Crippen LogP contribution in [0, 0.1) is 0 Å². The first kappa shape index (κ1) is 15.3. The molecule has 112 valence electrons. The van der Waals surface area contributed by atoms with Crippen molar-refractivity contribution in [2.75, 3.05) is 12.4 Å². The van der Waals surface area contributed by atoms with Crippen molar-refractivity contribution in [1.29, 1.82) is 0 Å².